The molecule has 0 bridgehead atoms. The van der Waals surface area contributed by atoms with E-state index in [9.17, 15) is 4.79 Å². The number of amides is 1. The van der Waals surface area contributed by atoms with E-state index in [4.69, 9.17) is 9.85 Å². The lowest BCUT2D eigenvalue weighted by Gasteiger charge is -2.31. The minimum atomic E-state index is -0.173. The SMILES string of the molecule is CC1C=[N+]=NC(C2N=[N+](C3=CCCCC3)C(=O)CC2OC2CCCCC2)CC1. The second-order valence-electron chi connectivity index (χ2n) is 8.89. The van der Waals surface area contributed by atoms with Crippen molar-refractivity contribution in [2.45, 2.75) is 108 Å². The predicted molar refractivity (Wildman–Crippen MR) is 105 cm³/mol. The van der Waals surface area contributed by atoms with E-state index < -0.39 is 0 Å². The van der Waals surface area contributed by atoms with Crippen LogP contribution < -0.4 is 0 Å². The number of allylic oxidation sites excluding steroid dienone is 2. The fourth-order valence-corrected chi connectivity index (χ4v) is 4.84. The highest BCUT2D eigenvalue weighted by atomic mass is 16.5. The average Bonchev–Trinajstić information content (AvgIpc) is 2.94. The molecule has 4 atom stereocenters. The first kappa shape index (κ1) is 19.7. The summed E-state index contributed by atoms with van der Waals surface area (Å²) in [5.74, 6) is 0.518. The standard InChI is InChI=1S/C22H34N4O2/c1-16-12-13-19(24-23-15-16)22-20(28-18-10-6-3-7-11-18)14-21(27)26(25-22)17-8-4-2-5-9-17/h8,15-16,18-20,22H,2-7,9-14H2,1H3/q+2. The molecule has 0 spiro atoms. The number of nitrogens with zero attached hydrogens (tertiary/aromatic N) is 4. The van der Waals surface area contributed by atoms with Gasteiger partial charge in [-0.15, -0.1) is 0 Å². The molecule has 1 saturated carbocycles. The molecule has 0 aromatic heterocycles. The van der Waals surface area contributed by atoms with Gasteiger partial charge in [0.05, 0.1) is 17.1 Å². The molecule has 4 unspecified atom stereocenters. The van der Waals surface area contributed by atoms with Crippen LogP contribution in [0.1, 0.15) is 84.0 Å². The van der Waals surface area contributed by atoms with Crippen LogP contribution in [0.25, 0.3) is 0 Å². The van der Waals surface area contributed by atoms with E-state index >= 15 is 0 Å². The van der Waals surface area contributed by atoms with Crippen molar-refractivity contribution in [1.82, 2.24) is 0 Å². The maximum absolute atomic E-state index is 12.9. The smallest absolute Gasteiger partial charge is 0.372 e. The van der Waals surface area contributed by atoms with Crippen molar-refractivity contribution in [3.8, 4) is 0 Å². The summed E-state index contributed by atoms with van der Waals surface area (Å²) in [5.41, 5.74) is 1.07. The van der Waals surface area contributed by atoms with Crippen molar-refractivity contribution in [3.05, 3.63) is 11.8 Å². The average molecular weight is 387 g/mol. The Kier molecular flexibility index (Phi) is 6.48. The number of rotatable bonds is 4. The van der Waals surface area contributed by atoms with Gasteiger partial charge in [-0.2, -0.15) is 0 Å². The highest BCUT2D eigenvalue weighted by Gasteiger charge is 2.47. The van der Waals surface area contributed by atoms with Gasteiger partial charge in [0.25, 0.3) is 0 Å². The quantitative estimate of drug-likeness (QED) is 0.529. The van der Waals surface area contributed by atoms with Crippen molar-refractivity contribution in [3.63, 3.8) is 0 Å². The number of ether oxygens (including phenoxy) is 1. The zero-order valence-corrected chi connectivity index (χ0v) is 17.1. The van der Waals surface area contributed by atoms with Gasteiger partial charge < -0.3 is 4.74 Å². The third kappa shape index (κ3) is 4.66. The normalized spacial score (nSPS) is 34.7. The number of hydrogen-bond acceptors (Lipinski definition) is 4. The predicted octanol–water partition coefficient (Wildman–Crippen LogP) is 4.46. The lowest BCUT2D eigenvalue weighted by molar-refractivity contribution is -0.485. The lowest BCUT2D eigenvalue weighted by atomic mass is 9.92. The molecule has 0 radical (unpaired) electrons. The number of carbonyl (C=O) groups is 1. The van der Waals surface area contributed by atoms with Gasteiger partial charge in [0.2, 0.25) is 5.70 Å². The van der Waals surface area contributed by atoms with Crippen LogP contribution in [0.5, 0.6) is 0 Å². The molecule has 1 amide bonds. The molecule has 2 aliphatic heterocycles. The first-order chi connectivity index (χ1) is 13.7. The summed E-state index contributed by atoms with van der Waals surface area (Å²) in [6, 6.07) is -0.125. The summed E-state index contributed by atoms with van der Waals surface area (Å²) < 4.78 is 8.19. The van der Waals surface area contributed by atoms with Crippen molar-refractivity contribution < 1.29 is 19.0 Å². The molecule has 28 heavy (non-hydrogen) atoms. The van der Waals surface area contributed by atoms with Crippen LogP contribution in [0, 0.1) is 5.92 Å². The van der Waals surface area contributed by atoms with Crippen LogP contribution in [-0.2, 0) is 9.53 Å². The van der Waals surface area contributed by atoms with E-state index in [2.05, 4.69) is 22.9 Å². The first-order valence-electron chi connectivity index (χ1n) is 11.3. The molecule has 2 heterocycles. The largest absolute Gasteiger partial charge is 0.419 e. The van der Waals surface area contributed by atoms with Crippen LogP contribution in [0.3, 0.4) is 0 Å². The van der Waals surface area contributed by atoms with Crippen LogP contribution in [-0.4, -0.2) is 45.9 Å². The molecule has 152 valence electrons. The number of azo groups is 2. The van der Waals surface area contributed by atoms with Gasteiger partial charge >= 0.3 is 12.1 Å². The summed E-state index contributed by atoms with van der Waals surface area (Å²) in [6.07, 6.45) is 16.9. The van der Waals surface area contributed by atoms with Gasteiger partial charge in [-0.25, -0.2) is 4.79 Å². The van der Waals surface area contributed by atoms with E-state index in [0.29, 0.717) is 12.3 Å². The molecule has 0 aromatic rings. The molecular weight excluding hydrogens is 352 g/mol. The fourth-order valence-electron chi connectivity index (χ4n) is 4.84. The van der Waals surface area contributed by atoms with E-state index in [-0.39, 0.29) is 30.2 Å². The highest BCUT2D eigenvalue weighted by molar-refractivity contribution is 5.69. The van der Waals surface area contributed by atoms with E-state index in [0.717, 1.165) is 50.6 Å². The van der Waals surface area contributed by atoms with E-state index in [1.54, 1.807) is 4.70 Å². The van der Waals surface area contributed by atoms with Crippen molar-refractivity contribution in [1.29, 1.82) is 0 Å². The Bertz CT molecular complexity index is 701. The van der Waals surface area contributed by atoms with Gasteiger partial charge in [-0.1, -0.05) is 26.2 Å². The summed E-state index contributed by atoms with van der Waals surface area (Å²) in [4.78, 5) is 17.3. The number of hydrogen-bond donors (Lipinski definition) is 0. The zero-order valence-electron chi connectivity index (χ0n) is 17.1. The Morgan fingerprint density at radius 2 is 1.96 bits per heavy atom. The minimum absolute atomic E-state index is 0.00502. The summed E-state index contributed by atoms with van der Waals surface area (Å²) in [7, 11) is 0. The third-order valence-corrected chi connectivity index (χ3v) is 6.55. The number of carbonyl (C=O) groups excluding carboxylic acids is 1. The molecule has 4 aliphatic rings. The van der Waals surface area contributed by atoms with Gasteiger partial charge in [-0.3, -0.25) is 0 Å². The summed E-state index contributed by atoms with van der Waals surface area (Å²) in [5, 5.41) is 9.53. The van der Waals surface area contributed by atoms with Crippen LogP contribution in [0.4, 0.5) is 0 Å². The second-order valence-corrected chi connectivity index (χ2v) is 8.89. The molecular formula is C22H34N4O2+2. The summed E-state index contributed by atoms with van der Waals surface area (Å²) >= 11 is 0. The van der Waals surface area contributed by atoms with Crippen molar-refractivity contribution >= 4 is 12.1 Å². The van der Waals surface area contributed by atoms with E-state index in [1.807, 2.05) is 6.21 Å². The zero-order chi connectivity index (χ0) is 19.3. The van der Waals surface area contributed by atoms with Gasteiger partial charge in [0.15, 0.2) is 12.1 Å². The molecule has 2 aliphatic carbocycles. The molecule has 6 nitrogen and oxygen atoms in total. The topological polar surface area (TPSA) is 68.1 Å². The monoisotopic (exact) mass is 386 g/mol. The Hall–Kier alpha value is -1.65. The first-order valence-corrected chi connectivity index (χ1v) is 11.3. The van der Waals surface area contributed by atoms with Crippen molar-refractivity contribution in [2.75, 3.05) is 0 Å². The van der Waals surface area contributed by atoms with Crippen LogP contribution >= 0.6 is 0 Å². The Morgan fingerprint density at radius 3 is 2.75 bits per heavy atom. The minimum Gasteiger partial charge on any atom is -0.372 e. The molecule has 0 N–H and O–H groups in total. The molecule has 6 heteroatoms. The lowest BCUT2D eigenvalue weighted by Crippen LogP contribution is -2.46. The van der Waals surface area contributed by atoms with Crippen LogP contribution in [0.15, 0.2) is 22.0 Å². The Labute approximate surface area is 167 Å². The van der Waals surface area contributed by atoms with Crippen molar-refractivity contribution in [2.24, 2.45) is 16.1 Å². The molecule has 1 fully saturated rings. The molecule has 0 aromatic carbocycles. The second kappa shape index (κ2) is 9.23. The Morgan fingerprint density at radius 1 is 1.11 bits per heavy atom. The van der Waals surface area contributed by atoms with Crippen LogP contribution in [0.2, 0.25) is 0 Å². The third-order valence-electron chi connectivity index (χ3n) is 6.55. The van der Waals surface area contributed by atoms with Gasteiger partial charge in [0.1, 0.15) is 12.5 Å². The maximum Gasteiger partial charge on any atom is 0.419 e. The molecule has 4 rings (SSSR count). The van der Waals surface area contributed by atoms with Gasteiger partial charge in [-0.05, 0) is 60.8 Å². The molecule has 0 saturated heterocycles. The van der Waals surface area contributed by atoms with Gasteiger partial charge in [0, 0.05) is 11.2 Å². The maximum atomic E-state index is 12.9. The highest BCUT2D eigenvalue weighted by Crippen LogP contribution is 2.31. The van der Waals surface area contributed by atoms with E-state index in [1.165, 1.54) is 25.7 Å². The fraction of sp³-hybridized carbons (Fsp3) is 0.818. The summed E-state index contributed by atoms with van der Waals surface area (Å²) in [6.45, 7) is 2.18. The Balaban J connectivity index is 1.59.